The molecule has 4 rings (SSSR count). The molecular weight excluding hydrogens is 755 g/mol. The van der Waals surface area contributed by atoms with Gasteiger partial charge in [-0.15, -0.1) is 0 Å². The molecule has 0 unspecified atom stereocenters. The third kappa shape index (κ3) is 13.3. The van der Waals surface area contributed by atoms with E-state index < -0.39 is 11.9 Å². The second-order valence-electron chi connectivity index (χ2n) is 12.2. The van der Waals surface area contributed by atoms with Gasteiger partial charge in [0, 0.05) is 16.9 Å². The molecular formula is C40H46Cl2N2O11. The molecule has 0 atom stereocenters. The molecule has 13 nitrogen and oxygen atoms in total. The van der Waals surface area contributed by atoms with E-state index in [9.17, 15) is 19.2 Å². The number of ether oxygens (including phenoxy) is 6. The fourth-order valence-corrected chi connectivity index (χ4v) is 5.36. The number of carboxylic acid groups (broad SMARTS) is 1. The second kappa shape index (κ2) is 21.3. The lowest BCUT2D eigenvalue weighted by Gasteiger charge is -2.16. The first-order valence-electron chi connectivity index (χ1n) is 16.6. The molecule has 0 saturated carbocycles. The normalized spacial score (nSPS) is 10.2. The van der Waals surface area contributed by atoms with Gasteiger partial charge in [-0.2, -0.15) is 0 Å². The van der Waals surface area contributed by atoms with Gasteiger partial charge in [-0.1, -0.05) is 23.2 Å². The molecule has 0 aliphatic carbocycles. The molecule has 4 N–H and O–H groups in total. The summed E-state index contributed by atoms with van der Waals surface area (Å²) >= 11 is 12.1. The molecule has 0 saturated heterocycles. The van der Waals surface area contributed by atoms with Crippen LogP contribution in [0, 0.1) is 13.8 Å². The molecule has 1 amide bonds. The standard InChI is InChI=1S/C20H22ClNO5.C11H13ClO4.C9H11NO2/c1-11(2)27-17-10-13(9-16(21)18(17)25-4)19(23)22-14-6-7-15(12(3)8-14)20(24)26-5;1-6(2)16-9-5-7(11(13)14)4-8(12)10(9)15-3;1-6-5-7(10)3-4-8(6)9(11)12-2/h6-11H,1-5H3,(H,22,23);4-6H,1-3H3,(H,13,14);3-5H,10H2,1-2H3. The summed E-state index contributed by atoms with van der Waals surface area (Å²) in [4.78, 5) is 46.2. The molecule has 0 bridgehead atoms. The van der Waals surface area contributed by atoms with E-state index in [0.29, 0.717) is 56.6 Å². The number of benzene rings is 4. The lowest BCUT2D eigenvalue weighted by Crippen LogP contribution is -2.14. The number of nitrogens with two attached hydrogens (primary N) is 1. The minimum absolute atomic E-state index is 0.0708. The van der Waals surface area contributed by atoms with Crippen LogP contribution in [0.5, 0.6) is 23.0 Å². The van der Waals surface area contributed by atoms with Gasteiger partial charge in [-0.25, -0.2) is 14.4 Å². The number of amides is 1. The summed E-state index contributed by atoms with van der Waals surface area (Å²) < 4.78 is 30.7. The van der Waals surface area contributed by atoms with Gasteiger partial charge in [0.05, 0.1) is 67.4 Å². The summed E-state index contributed by atoms with van der Waals surface area (Å²) in [5.41, 5.74) is 9.64. The van der Waals surface area contributed by atoms with Gasteiger partial charge in [-0.05, 0) is 113 Å². The Kier molecular flexibility index (Phi) is 17.6. The third-order valence-corrected chi connectivity index (χ3v) is 7.77. The van der Waals surface area contributed by atoms with Crippen molar-refractivity contribution in [3.8, 4) is 23.0 Å². The zero-order chi connectivity index (χ0) is 41.6. The molecule has 4 aromatic rings. The van der Waals surface area contributed by atoms with Crippen LogP contribution in [-0.2, 0) is 9.47 Å². The maximum Gasteiger partial charge on any atom is 0.338 e. The van der Waals surface area contributed by atoms with E-state index >= 15 is 0 Å². The number of anilines is 2. The predicted octanol–water partition coefficient (Wildman–Crippen LogP) is 8.68. The van der Waals surface area contributed by atoms with Crippen LogP contribution in [0.1, 0.15) is 80.3 Å². The van der Waals surface area contributed by atoms with E-state index in [1.807, 2.05) is 34.6 Å². The van der Waals surface area contributed by atoms with Gasteiger partial charge in [0.25, 0.3) is 5.91 Å². The molecule has 0 aromatic heterocycles. The fraction of sp³-hybridized carbons (Fsp3) is 0.300. The second-order valence-corrected chi connectivity index (χ2v) is 13.0. The highest BCUT2D eigenvalue weighted by Gasteiger charge is 2.19. The van der Waals surface area contributed by atoms with E-state index in [2.05, 4.69) is 10.1 Å². The zero-order valence-electron chi connectivity index (χ0n) is 32.3. The maximum absolute atomic E-state index is 12.6. The van der Waals surface area contributed by atoms with E-state index in [4.69, 9.17) is 57.7 Å². The zero-order valence-corrected chi connectivity index (χ0v) is 33.8. The Labute approximate surface area is 330 Å². The molecule has 0 radical (unpaired) electrons. The maximum atomic E-state index is 12.6. The fourth-order valence-electron chi connectivity index (χ4n) is 4.78. The van der Waals surface area contributed by atoms with Crippen LogP contribution in [0.4, 0.5) is 11.4 Å². The van der Waals surface area contributed by atoms with Gasteiger partial charge in [0.15, 0.2) is 23.0 Å². The Morgan fingerprint density at radius 1 is 0.655 bits per heavy atom. The molecule has 0 aliphatic rings. The number of carboxylic acids is 1. The van der Waals surface area contributed by atoms with Crippen LogP contribution in [0.25, 0.3) is 0 Å². The van der Waals surface area contributed by atoms with Crippen LogP contribution in [-0.4, -0.2) is 69.6 Å². The Bertz CT molecular complexity index is 2000. The van der Waals surface area contributed by atoms with Crippen molar-refractivity contribution in [1.29, 1.82) is 0 Å². The van der Waals surface area contributed by atoms with E-state index in [0.717, 1.165) is 5.56 Å². The van der Waals surface area contributed by atoms with E-state index in [1.54, 1.807) is 49.4 Å². The molecule has 296 valence electrons. The highest BCUT2D eigenvalue weighted by atomic mass is 35.5. The first kappa shape index (κ1) is 45.5. The monoisotopic (exact) mass is 800 g/mol. The number of carbonyl (C=O) groups excluding carboxylic acids is 3. The van der Waals surface area contributed by atoms with E-state index in [1.165, 1.54) is 46.6 Å². The third-order valence-electron chi connectivity index (χ3n) is 7.21. The van der Waals surface area contributed by atoms with Gasteiger partial charge < -0.3 is 44.6 Å². The molecule has 15 heteroatoms. The number of methoxy groups -OCH3 is 4. The lowest BCUT2D eigenvalue weighted by atomic mass is 10.1. The minimum atomic E-state index is -1.06. The number of nitrogens with one attached hydrogen (secondary N) is 1. The van der Waals surface area contributed by atoms with Gasteiger partial charge in [0.1, 0.15) is 0 Å². The molecule has 0 heterocycles. The van der Waals surface area contributed by atoms with E-state index in [-0.39, 0.29) is 39.7 Å². The summed E-state index contributed by atoms with van der Waals surface area (Å²) in [7, 11) is 5.62. The molecule has 0 aliphatic heterocycles. The van der Waals surface area contributed by atoms with Crippen LogP contribution in [0.3, 0.4) is 0 Å². The van der Waals surface area contributed by atoms with Crippen molar-refractivity contribution >= 4 is 58.4 Å². The first-order chi connectivity index (χ1) is 25.9. The van der Waals surface area contributed by atoms with Crippen molar-refractivity contribution < 1.29 is 52.7 Å². The Morgan fingerprint density at radius 3 is 1.49 bits per heavy atom. The van der Waals surface area contributed by atoms with Crippen LogP contribution in [0.15, 0.2) is 60.7 Å². The van der Waals surface area contributed by atoms with Crippen molar-refractivity contribution in [3.63, 3.8) is 0 Å². The Morgan fingerprint density at radius 2 is 1.09 bits per heavy atom. The predicted molar refractivity (Wildman–Crippen MR) is 212 cm³/mol. The average Bonchev–Trinajstić information content (AvgIpc) is 3.11. The van der Waals surface area contributed by atoms with Crippen molar-refractivity contribution in [3.05, 3.63) is 104 Å². The van der Waals surface area contributed by atoms with Gasteiger partial charge in [-0.3, -0.25) is 4.79 Å². The van der Waals surface area contributed by atoms with Crippen LogP contribution in [0.2, 0.25) is 10.0 Å². The number of aromatic carboxylic acids is 1. The largest absolute Gasteiger partial charge is 0.491 e. The summed E-state index contributed by atoms with van der Waals surface area (Å²) in [6, 6.07) is 15.8. The summed E-state index contributed by atoms with van der Waals surface area (Å²) in [6.07, 6.45) is -0.198. The summed E-state index contributed by atoms with van der Waals surface area (Å²) in [5, 5.41) is 12.2. The summed E-state index contributed by atoms with van der Waals surface area (Å²) in [5.74, 6) is -0.725. The van der Waals surface area contributed by atoms with Crippen molar-refractivity contribution in [1.82, 2.24) is 0 Å². The smallest absolute Gasteiger partial charge is 0.338 e. The van der Waals surface area contributed by atoms with Crippen molar-refractivity contribution in [2.75, 3.05) is 39.5 Å². The topological polar surface area (TPSA) is 182 Å². The SMILES string of the molecule is COC(=O)c1ccc(N)cc1C.COC(=O)c1ccc(NC(=O)c2cc(Cl)c(OC)c(OC(C)C)c2)cc1C.COc1c(Cl)cc(C(=O)O)cc1OC(C)C. The number of hydrogen-bond donors (Lipinski definition) is 3. The van der Waals surface area contributed by atoms with Crippen LogP contribution < -0.4 is 30.0 Å². The number of halogens is 2. The summed E-state index contributed by atoms with van der Waals surface area (Å²) in [6.45, 7) is 11.0. The van der Waals surface area contributed by atoms with Crippen LogP contribution >= 0.6 is 23.2 Å². The number of esters is 2. The lowest BCUT2D eigenvalue weighted by molar-refractivity contribution is 0.0591. The first-order valence-corrected chi connectivity index (χ1v) is 17.4. The quantitative estimate of drug-likeness (QED) is 0.0971. The molecule has 4 aromatic carbocycles. The number of hydrogen-bond acceptors (Lipinski definition) is 11. The number of nitrogen functional groups attached to an aromatic ring is 1. The van der Waals surface area contributed by atoms with Gasteiger partial charge in [0.2, 0.25) is 0 Å². The Balaban J connectivity index is 0.000000315. The minimum Gasteiger partial charge on any atom is -0.491 e. The van der Waals surface area contributed by atoms with Crippen molar-refractivity contribution in [2.24, 2.45) is 0 Å². The van der Waals surface area contributed by atoms with Gasteiger partial charge >= 0.3 is 17.9 Å². The Hall–Kier alpha value is -5.66. The molecule has 0 fully saturated rings. The average molecular weight is 802 g/mol. The molecule has 55 heavy (non-hydrogen) atoms. The molecule has 0 spiro atoms. The highest BCUT2D eigenvalue weighted by molar-refractivity contribution is 6.33. The number of aryl methyl sites for hydroxylation is 2. The highest BCUT2D eigenvalue weighted by Crippen LogP contribution is 2.38. The number of rotatable bonds is 11. The number of carbonyl (C=O) groups is 4. The van der Waals surface area contributed by atoms with Crippen molar-refractivity contribution in [2.45, 2.75) is 53.8 Å².